The van der Waals surface area contributed by atoms with E-state index in [1.54, 1.807) is 24.3 Å². The Morgan fingerprint density at radius 2 is 0.651 bits per heavy atom. The van der Waals surface area contributed by atoms with Crippen LogP contribution in [0.2, 0.25) is 0 Å². The van der Waals surface area contributed by atoms with E-state index >= 15 is 0 Å². The van der Waals surface area contributed by atoms with Crippen molar-refractivity contribution in [3.05, 3.63) is 144 Å². The van der Waals surface area contributed by atoms with E-state index < -0.39 is 108 Å². The van der Waals surface area contributed by atoms with Crippen LogP contribution in [0.25, 0.3) is 0 Å². The zero-order valence-electron chi connectivity index (χ0n) is 50.1. The van der Waals surface area contributed by atoms with Crippen molar-refractivity contribution in [1.82, 2.24) is 42.5 Å². The van der Waals surface area contributed by atoms with Crippen LogP contribution < -0.4 is 65.5 Å². The Morgan fingerprint density at radius 3 is 1.00 bits per heavy atom. The van der Waals surface area contributed by atoms with Gasteiger partial charge < -0.3 is 70.6 Å². The zero-order chi connectivity index (χ0) is 63.0. The van der Waals surface area contributed by atoms with Gasteiger partial charge in [-0.3, -0.25) is 38.4 Å². The van der Waals surface area contributed by atoms with Gasteiger partial charge >= 0.3 is 5.97 Å². The first-order valence-corrected chi connectivity index (χ1v) is 29.9. The molecule has 17 N–H and O–H groups in total. The highest BCUT2D eigenvalue weighted by Gasteiger charge is 2.34. The molecule has 4 aromatic carbocycles. The van der Waals surface area contributed by atoms with Crippen LogP contribution in [-0.4, -0.2) is 132 Å². The van der Waals surface area contributed by atoms with E-state index in [-0.39, 0.29) is 109 Å². The Hall–Kier alpha value is -8.05. The van der Waals surface area contributed by atoms with Crippen LogP contribution >= 0.6 is 0 Å². The monoisotopic (exact) mass is 1190 g/mol. The van der Waals surface area contributed by atoms with Crippen LogP contribution in [0.1, 0.15) is 108 Å². The van der Waals surface area contributed by atoms with Gasteiger partial charge in [0.05, 0.1) is 12.1 Å². The lowest BCUT2D eigenvalue weighted by Gasteiger charge is -2.27. The minimum atomic E-state index is -1.39. The molecule has 0 radical (unpaired) electrons. The van der Waals surface area contributed by atoms with Crippen LogP contribution in [0.3, 0.4) is 0 Å². The second kappa shape index (κ2) is 38.1. The third-order valence-corrected chi connectivity index (χ3v) is 14.3. The predicted octanol–water partition coefficient (Wildman–Crippen LogP) is 1.95. The zero-order valence-corrected chi connectivity index (χ0v) is 50.1. The van der Waals surface area contributed by atoms with Crippen LogP contribution in [-0.2, 0) is 68.8 Å². The van der Waals surface area contributed by atoms with Crippen molar-refractivity contribution >= 4 is 53.2 Å². The molecule has 0 saturated heterocycles. The molecule has 4 aromatic rings. The highest BCUT2D eigenvalue weighted by Crippen LogP contribution is 2.14. The molecule has 0 aliphatic carbocycles. The Balaban J connectivity index is 1.37. The van der Waals surface area contributed by atoms with Gasteiger partial charge in [0.2, 0.25) is 47.3 Å². The average Bonchev–Trinajstić information content (AvgIpc) is 3.63. The summed E-state index contributed by atoms with van der Waals surface area (Å²) in [7, 11) is 0. The van der Waals surface area contributed by atoms with Crippen molar-refractivity contribution in [2.75, 3.05) is 19.6 Å². The van der Waals surface area contributed by atoms with Gasteiger partial charge in [-0.2, -0.15) is 0 Å². The topological polar surface area (TPSA) is 374 Å². The number of rotatable bonds is 39. The molecule has 9 atom stereocenters. The maximum absolute atomic E-state index is 14.1. The second-order valence-corrected chi connectivity index (χ2v) is 22.6. The summed E-state index contributed by atoms with van der Waals surface area (Å²) in [6.45, 7) is 7.91. The molecule has 0 fully saturated rings. The molecular formula is C64H92N12O10. The first-order valence-electron chi connectivity index (χ1n) is 29.9. The highest BCUT2D eigenvalue weighted by molar-refractivity contribution is 5.97. The molecule has 0 spiro atoms. The van der Waals surface area contributed by atoms with Crippen molar-refractivity contribution in [3.63, 3.8) is 0 Å². The van der Waals surface area contributed by atoms with Crippen LogP contribution in [0.4, 0.5) is 0 Å². The van der Waals surface area contributed by atoms with Crippen molar-refractivity contribution in [2.24, 2.45) is 34.8 Å². The molecular weight excluding hydrogens is 1100 g/mol. The Morgan fingerprint density at radius 1 is 0.360 bits per heavy atom. The van der Waals surface area contributed by atoms with Gasteiger partial charge in [0, 0.05) is 19.4 Å². The van der Waals surface area contributed by atoms with Crippen LogP contribution in [0.5, 0.6) is 0 Å². The number of nitrogens with two attached hydrogens (primary N) is 4. The van der Waals surface area contributed by atoms with Crippen LogP contribution in [0, 0.1) is 11.8 Å². The first kappa shape index (κ1) is 70.4. The summed E-state index contributed by atoms with van der Waals surface area (Å²) in [5, 5.41) is 32.3. The number of amides is 8. The van der Waals surface area contributed by atoms with E-state index in [4.69, 9.17) is 22.9 Å². The number of aliphatic carboxylic acids is 1. The molecule has 0 heterocycles. The fourth-order valence-electron chi connectivity index (χ4n) is 9.61. The predicted molar refractivity (Wildman–Crippen MR) is 330 cm³/mol. The van der Waals surface area contributed by atoms with Crippen molar-refractivity contribution in [3.8, 4) is 0 Å². The number of carbonyl (C=O) groups excluding carboxylic acids is 8. The summed E-state index contributed by atoms with van der Waals surface area (Å²) in [5.74, 6) is -6.55. The SMILES string of the molecule is CC(C)C[C@@H](NC(=O)[C@@H](Cc1ccccc1)NC(=O)[C@H](N)Cc1ccccc1)C(=O)N[C@H](CCCN)C(=O)NCCCCC(NC(=O)[C@@H](CCCN)NC(=O)[C@@H](CC(C)C)NC(=O)[C@@H](Cc1ccccc1)NC(=O)[C@H](N)Cc1ccccc1)C(=O)O. The standard InChI is InChI=1S/C64H92N12O10/c1-41(2)35-52(75-62(83)54(39-45-25-13-7-14-26-45)73-56(77)47(67)37-43-21-9-5-10-22-43)60(81)70-49(30-19-32-65)58(79)69-34-18-17-29-51(64(85)86)72-59(80)50(31-20-33-66)71-61(82)53(36-42(3)4)76-63(84)55(40-46-27-15-8-16-28-46)74-57(78)48(68)38-44-23-11-6-12-24-44/h5-16,21-28,41-42,47-55H,17-20,29-40,65-68H2,1-4H3,(H,69,79)(H,70,81)(H,71,82)(H,72,80)(H,73,77)(H,74,78)(H,75,83)(H,76,84)(H,85,86)/t47-,48-,49-,50-,51?,52-,53-,54-,55-/m1/s1. The molecule has 22 heteroatoms. The normalized spacial score (nSPS) is 14.3. The van der Waals surface area contributed by atoms with E-state index in [1.165, 1.54) is 0 Å². The van der Waals surface area contributed by atoms with Gasteiger partial charge in [0.25, 0.3) is 0 Å². The number of unbranched alkanes of at least 4 members (excludes halogenated alkanes) is 1. The van der Waals surface area contributed by atoms with Gasteiger partial charge in [-0.15, -0.1) is 0 Å². The van der Waals surface area contributed by atoms with Crippen molar-refractivity contribution in [2.45, 2.75) is 166 Å². The Labute approximate surface area is 505 Å². The van der Waals surface area contributed by atoms with Gasteiger partial charge in [-0.1, -0.05) is 149 Å². The molecule has 0 aliphatic heterocycles. The summed E-state index contributed by atoms with van der Waals surface area (Å²) in [4.78, 5) is 124. The summed E-state index contributed by atoms with van der Waals surface area (Å²) >= 11 is 0. The van der Waals surface area contributed by atoms with Crippen molar-refractivity contribution < 1.29 is 48.3 Å². The third-order valence-electron chi connectivity index (χ3n) is 14.3. The lowest BCUT2D eigenvalue weighted by Crippen LogP contribution is -2.59. The van der Waals surface area contributed by atoms with Crippen LogP contribution in [0.15, 0.2) is 121 Å². The summed E-state index contributed by atoms with van der Waals surface area (Å²) in [6, 6.07) is 26.4. The number of carboxylic acid groups (broad SMARTS) is 1. The molecule has 0 saturated carbocycles. The largest absolute Gasteiger partial charge is 0.480 e. The molecule has 0 bridgehead atoms. The average molecular weight is 1190 g/mol. The van der Waals surface area contributed by atoms with Crippen molar-refractivity contribution in [1.29, 1.82) is 0 Å². The lowest BCUT2D eigenvalue weighted by molar-refractivity contribution is -0.142. The maximum Gasteiger partial charge on any atom is 0.326 e. The van der Waals surface area contributed by atoms with E-state index in [0.717, 1.165) is 22.3 Å². The maximum atomic E-state index is 14.1. The summed E-state index contributed by atoms with van der Waals surface area (Å²) < 4.78 is 0. The van der Waals surface area contributed by atoms with Gasteiger partial charge in [-0.25, -0.2) is 4.79 Å². The fraction of sp³-hybridized carbons (Fsp3) is 0.484. The highest BCUT2D eigenvalue weighted by atomic mass is 16.4. The quantitative estimate of drug-likeness (QED) is 0.0284. The minimum Gasteiger partial charge on any atom is -0.480 e. The van der Waals surface area contributed by atoms with Gasteiger partial charge in [0.1, 0.15) is 42.3 Å². The minimum absolute atomic E-state index is 0.0466. The Bertz CT molecular complexity index is 2740. The van der Waals surface area contributed by atoms with E-state index in [2.05, 4.69) is 42.5 Å². The Kier molecular flexibility index (Phi) is 31.2. The van der Waals surface area contributed by atoms with E-state index in [9.17, 15) is 48.3 Å². The second-order valence-electron chi connectivity index (χ2n) is 22.6. The number of hydrogen-bond donors (Lipinski definition) is 13. The number of carboxylic acids is 1. The molecule has 22 nitrogen and oxygen atoms in total. The molecule has 8 amide bonds. The van der Waals surface area contributed by atoms with Gasteiger partial charge in [-0.05, 0) is 118 Å². The third kappa shape index (κ3) is 26.1. The van der Waals surface area contributed by atoms with Gasteiger partial charge in [0.15, 0.2) is 0 Å². The molecule has 4 rings (SSSR count). The number of nitrogens with one attached hydrogen (secondary N) is 8. The molecule has 86 heavy (non-hydrogen) atoms. The molecule has 0 aromatic heterocycles. The number of carbonyl (C=O) groups is 9. The molecule has 468 valence electrons. The lowest BCUT2D eigenvalue weighted by atomic mass is 9.99. The van der Waals surface area contributed by atoms with E-state index in [0.29, 0.717) is 6.42 Å². The molecule has 1 unspecified atom stereocenters. The first-order chi connectivity index (χ1) is 41.2. The van der Waals surface area contributed by atoms with E-state index in [1.807, 2.05) is 125 Å². The molecule has 0 aliphatic rings. The summed E-state index contributed by atoms with van der Waals surface area (Å²) in [5.41, 5.74) is 27.4. The number of hydrogen-bond acceptors (Lipinski definition) is 13. The smallest absolute Gasteiger partial charge is 0.326 e. The number of benzene rings is 4. The summed E-state index contributed by atoms with van der Waals surface area (Å²) in [6.07, 6.45) is 2.30. The fourth-order valence-corrected chi connectivity index (χ4v) is 9.61.